The van der Waals surface area contributed by atoms with Crippen LogP contribution < -0.4 is 5.32 Å². The lowest BCUT2D eigenvalue weighted by Gasteiger charge is -2.33. The molecule has 0 saturated carbocycles. The lowest BCUT2D eigenvalue weighted by molar-refractivity contribution is -0.137. The van der Waals surface area contributed by atoms with E-state index in [-0.39, 0.29) is 40.4 Å². The molecule has 7 heteroatoms. The summed E-state index contributed by atoms with van der Waals surface area (Å²) >= 11 is 5.97. The van der Waals surface area contributed by atoms with Crippen LogP contribution in [-0.4, -0.2) is 22.1 Å². The highest BCUT2D eigenvalue weighted by Crippen LogP contribution is 2.32. The summed E-state index contributed by atoms with van der Waals surface area (Å²) in [5.74, 6) is -1.76. The van der Waals surface area contributed by atoms with E-state index in [1.165, 1.54) is 0 Å². The van der Waals surface area contributed by atoms with E-state index in [9.17, 15) is 9.18 Å². The molecule has 0 aliphatic carbocycles. The maximum Gasteiger partial charge on any atom is 0.305 e. The molecule has 0 spiro atoms. The van der Waals surface area contributed by atoms with Crippen molar-refractivity contribution in [1.82, 2.24) is 4.98 Å². The monoisotopic (exact) mass is 341 g/mol. The van der Waals surface area contributed by atoms with Crippen LogP contribution in [0.2, 0.25) is 5.15 Å². The third-order valence-corrected chi connectivity index (χ3v) is 4.47. The van der Waals surface area contributed by atoms with Gasteiger partial charge >= 0.3 is 5.97 Å². The molecule has 1 rings (SSSR count). The number of hydrogen-bond donors (Lipinski definition) is 2. The highest BCUT2D eigenvalue weighted by atomic mass is 35.5. The summed E-state index contributed by atoms with van der Waals surface area (Å²) < 4.78 is 14.6. The smallest absolute Gasteiger partial charge is 0.305 e. The zero-order valence-electron chi connectivity index (χ0n) is 13.7. The first-order valence-electron chi connectivity index (χ1n) is 7.44. The van der Waals surface area contributed by atoms with Crippen LogP contribution >= 0.6 is 11.6 Å². The molecule has 5 nitrogen and oxygen atoms in total. The van der Waals surface area contributed by atoms with Gasteiger partial charge in [0.05, 0.1) is 12.0 Å². The van der Waals surface area contributed by atoms with Gasteiger partial charge in [0, 0.05) is 11.6 Å². The third-order valence-electron chi connectivity index (χ3n) is 4.20. The molecule has 0 amide bonds. The van der Waals surface area contributed by atoms with Crippen LogP contribution in [0.25, 0.3) is 0 Å². The minimum absolute atomic E-state index is 0.0155. The third kappa shape index (κ3) is 4.32. The molecule has 0 aliphatic heterocycles. The lowest BCUT2D eigenvalue weighted by Crippen LogP contribution is -2.38. The van der Waals surface area contributed by atoms with Crippen molar-refractivity contribution in [2.45, 2.75) is 53.0 Å². The van der Waals surface area contributed by atoms with E-state index in [4.69, 9.17) is 22.0 Å². The number of pyridine rings is 1. The molecule has 23 heavy (non-hydrogen) atoms. The summed E-state index contributed by atoms with van der Waals surface area (Å²) in [6, 6.07) is 1.33. The number of halogens is 2. The quantitative estimate of drug-likeness (QED) is 0.732. The summed E-state index contributed by atoms with van der Waals surface area (Å²) in [7, 11) is 0. The summed E-state index contributed by atoms with van der Waals surface area (Å²) in [6.07, 6.45) is 0.803. The van der Waals surface area contributed by atoms with E-state index in [2.05, 4.69) is 10.3 Å². The van der Waals surface area contributed by atoms with Crippen molar-refractivity contribution in [3.8, 4) is 6.07 Å². The first-order valence-corrected chi connectivity index (χ1v) is 7.81. The van der Waals surface area contributed by atoms with E-state index < -0.39 is 17.8 Å². The van der Waals surface area contributed by atoms with E-state index in [1.54, 1.807) is 6.92 Å². The molecule has 1 heterocycles. The van der Waals surface area contributed by atoms with Crippen molar-refractivity contribution in [2.75, 3.05) is 5.32 Å². The minimum atomic E-state index is -0.986. The van der Waals surface area contributed by atoms with Gasteiger partial charge in [0.1, 0.15) is 11.2 Å². The number of carboxylic acids is 1. The Morgan fingerprint density at radius 1 is 1.52 bits per heavy atom. The summed E-state index contributed by atoms with van der Waals surface area (Å²) in [6.45, 7) is 7.45. The molecule has 126 valence electrons. The number of aromatic nitrogens is 1. The van der Waals surface area contributed by atoms with Crippen LogP contribution in [0.15, 0.2) is 0 Å². The normalized spacial score (nSPS) is 12.6. The molecule has 1 aromatic heterocycles. The van der Waals surface area contributed by atoms with Crippen LogP contribution in [0.4, 0.5) is 10.2 Å². The number of hydrogen-bond acceptors (Lipinski definition) is 4. The van der Waals surface area contributed by atoms with E-state index in [0.717, 1.165) is 0 Å². The van der Waals surface area contributed by atoms with Gasteiger partial charge in [-0.1, -0.05) is 39.3 Å². The Morgan fingerprint density at radius 3 is 2.57 bits per heavy atom. The van der Waals surface area contributed by atoms with E-state index >= 15 is 0 Å². The Morgan fingerprint density at radius 2 is 2.13 bits per heavy atom. The van der Waals surface area contributed by atoms with Crippen molar-refractivity contribution < 1.29 is 14.3 Å². The predicted molar refractivity (Wildman–Crippen MR) is 87.0 cm³/mol. The van der Waals surface area contributed by atoms with Gasteiger partial charge in [-0.15, -0.1) is 0 Å². The van der Waals surface area contributed by atoms with Crippen LogP contribution in [0.5, 0.6) is 0 Å². The summed E-state index contributed by atoms with van der Waals surface area (Å²) in [5, 5.41) is 21.0. The molecule has 1 unspecified atom stereocenters. The van der Waals surface area contributed by atoms with E-state index in [1.807, 2.05) is 26.8 Å². The van der Waals surface area contributed by atoms with Crippen LogP contribution in [0.1, 0.15) is 51.7 Å². The van der Waals surface area contributed by atoms with Gasteiger partial charge in [0.2, 0.25) is 0 Å². The van der Waals surface area contributed by atoms with Gasteiger partial charge in [0.25, 0.3) is 0 Å². The Bertz CT molecular complexity index is 641. The fourth-order valence-electron chi connectivity index (χ4n) is 2.23. The number of rotatable bonds is 7. The maximum atomic E-state index is 14.6. The van der Waals surface area contributed by atoms with Gasteiger partial charge in [-0.05, 0) is 18.3 Å². The topological polar surface area (TPSA) is 86.0 Å². The Labute approximate surface area is 140 Å². The van der Waals surface area contributed by atoms with Crippen molar-refractivity contribution in [3.05, 3.63) is 22.1 Å². The molecule has 0 fully saturated rings. The fraction of sp³-hybridized carbons (Fsp3) is 0.562. The highest BCUT2D eigenvalue weighted by molar-refractivity contribution is 6.30. The largest absolute Gasteiger partial charge is 0.481 e. The van der Waals surface area contributed by atoms with Gasteiger partial charge in [-0.3, -0.25) is 4.79 Å². The van der Waals surface area contributed by atoms with Crippen molar-refractivity contribution >= 4 is 23.4 Å². The van der Waals surface area contributed by atoms with Gasteiger partial charge in [-0.2, -0.15) is 5.26 Å². The van der Waals surface area contributed by atoms with Crippen LogP contribution in [-0.2, 0) is 11.2 Å². The number of carbonyl (C=O) groups is 1. The summed E-state index contributed by atoms with van der Waals surface area (Å²) in [4.78, 5) is 15.0. The molecular weight excluding hydrogens is 321 g/mol. The second-order valence-corrected chi connectivity index (χ2v) is 6.38. The average molecular weight is 342 g/mol. The van der Waals surface area contributed by atoms with Crippen molar-refractivity contribution in [1.29, 1.82) is 5.26 Å². The van der Waals surface area contributed by atoms with E-state index in [0.29, 0.717) is 6.42 Å². The SMILES string of the molecule is CCc1c(F)c(NC(CC(=O)O)C(C)(C)CC)nc(Cl)c1C#N. The number of nitriles is 1. The average Bonchev–Trinajstić information content (AvgIpc) is 2.48. The number of nitrogens with one attached hydrogen (secondary N) is 1. The molecule has 1 atom stereocenters. The Kier molecular flexibility index (Phi) is 6.34. The molecular formula is C16H21ClFN3O2. The first-order chi connectivity index (χ1) is 10.7. The predicted octanol–water partition coefficient (Wildman–Crippen LogP) is 4.00. The van der Waals surface area contributed by atoms with Crippen molar-refractivity contribution in [3.63, 3.8) is 0 Å². The molecule has 0 bridgehead atoms. The molecule has 2 N–H and O–H groups in total. The highest BCUT2D eigenvalue weighted by Gasteiger charge is 2.31. The molecule has 0 saturated heterocycles. The lowest BCUT2D eigenvalue weighted by atomic mass is 9.80. The molecule has 0 radical (unpaired) electrons. The van der Waals surface area contributed by atoms with Gasteiger partial charge < -0.3 is 10.4 Å². The Hall–Kier alpha value is -1.87. The van der Waals surface area contributed by atoms with Crippen LogP contribution in [0, 0.1) is 22.6 Å². The first kappa shape index (κ1) is 19.2. The fourth-order valence-corrected chi connectivity index (χ4v) is 2.47. The molecule has 0 aliphatic rings. The van der Waals surface area contributed by atoms with Gasteiger partial charge in [0.15, 0.2) is 11.6 Å². The molecule has 0 aromatic carbocycles. The number of nitrogens with zero attached hydrogens (tertiary/aromatic N) is 2. The van der Waals surface area contributed by atoms with Crippen molar-refractivity contribution in [2.24, 2.45) is 5.41 Å². The maximum absolute atomic E-state index is 14.6. The second-order valence-electron chi connectivity index (χ2n) is 6.02. The summed E-state index contributed by atoms with van der Waals surface area (Å²) in [5.41, 5.74) is -0.195. The van der Waals surface area contributed by atoms with Gasteiger partial charge in [-0.25, -0.2) is 9.37 Å². The van der Waals surface area contributed by atoms with Crippen LogP contribution in [0.3, 0.4) is 0 Å². The molecule has 1 aromatic rings. The standard InChI is InChI=1S/C16H21ClFN3O2/c1-5-9-10(8-19)14(17)21-15(13(9)18)20-11(7-12(22)23)16(3,4)6-2/h11H,5-7H2,1-4H3,(H,20,21)(H,22,23). The number of carboxylic acid groups (broad SMARTS) is 1. The zero-order chi connectivity index (χ0) is 17.8. The second kappa shape index (κ2) is 7.60. The zero-order valence-corrected chi connectivity index (χ0v) is 14.5. The number of aliphatic carboxylic acids is 1. The number of anilines is 1. The minimum Gasteiger partial charge on any atom is -0.481 e. The Balaban J connectivity index is 3.32.